The summed E-state index contributed by atoms with van der Waals surface area (Å²) in [7, 11) is -3.46. The molecule has 1 unspecified atom stereocenters. The van der Waals surface area contributed by atoms with Crippen molar-refractivity contribution in [2.45, 2.75) is 24.6 Å². The molecule has 0 bridgehead atoms. The van der Waals surface area contributed by atoms with Gasteiger partial charge in [0.05, 0.1) is 5.69 Å². The van der Waals surface area contributed by atoms with Gasteiger partial charge in [-0.25, -0.2) is 8.42 Å². The molecule has 4 rings (SSSR count). The molecule has 7 nitrogen and oxygen atoms in total. The second-order valence-corrected chi connectivity index (χ2v) is 7.84. The van der Waals surface area contributed by atoms with E-state index < -0.39 is 10.0 Å². The van der Waals surface area contributed by atoms with Crippen LogP contribution in [0.3, 0.4) is 0 Å². The SMILES string of the molecule is O=S(=O)(Cc1ccon1)N1CCCC1c1ccc2c(c1)OCCO2. The van der Waals surface area contributed by atoms with Crippen LogP contribution >= 0.6 is 0 Å². The van der Waals surface area contributed by atoms with Gasteiger partial charge in [-0.1, -0.05) is 11.2 Å². The van der Waals surface area contributed by atoms with Crippen LogP contribution in [0.5, 0.6) is 11.5 Å². The molecule has 3 heterocycles. The van der Waals surface area contributed by atoms with Gasteiger partial charge in [0.1, 0.15) is 25.2 Å². The fourth-order valence-electron chi connectivity index (χ4n) is 3.26. The van der Waals surface area contributed by atoms with E-state index in [9.17, 15) is 8.42 Å². The molecule has 0 N–H and O–H groups in total. The molecule has 128 valence electrons. The molecule has 8 heteroatoms. The van der Waals surface area contributed by atoms with Crippen molar-refractivity contribution in [1.82, 2.24) is 9.46 Å². The molecule has 1 atom stereocenters. The summed E-state index contributed by atoms with van der Waals surface area (Å²) in [6, 6.07) is 7.06. The number of nitrogens with zero attached hydrogens (tertiary/aromatic N) is 2. The molecule has 2 aliphatic rings. The van der Waals surface area contributed by atoms with Crippen molar-refractivity contribution in [2.75, 3.05) is 19.8 Å². The zero-order chi connectivity index (χ0) is 16.6. The quantitative estimate of drug-likeness (QED) is 0.840. The standard InChI is InChI=1S/C16H18N2O5S/c19-24(20,11-13-5-7-23-17-13)18-6-1-2-14(18)12-3-4-15-16(10-12)22-9-8-21-15/h3-5,7,10,14H,1-2,6,8-9,11H2. The molecule has 1 aromatic heterocycles. The van der Waals surface area contributed by atoms with Gasteiger partial charge in [-0.3, -0.25) is 0 Å². The Morgan fingerprint density at radius 2 is 2.00 bits per heavy atom. The van der Waals surface area contributed by atoms with Gasteiger partial charge >= 0.3 is 0 Å². The predicted octanol–water partition coefficient (Wildman–Crippen LogP) is 2.11. The number of fused-ring (bicyclic) bond motifs is 1. The minimum atomic E-state index is -3.46. The van der Waals surface area contributed by atoms with Crippen LogP contribution in [0.4, 0.5) is 0 Å². The van der Waals surface area contributed by atoms with Gasteiger partial charge < -0.3 is 14.0 Å². The molecule has 1 saturated heterocycles. The van der Waals surface area contributed by atoms with Crippen molar-refractivity contribution in [3.05, 3.63) is 41.8 Å². The highest BCUT2D eigenvalue weighted by molar-refractivity contribution is 7.88. The van der Waals surface area contributed by atoms with Gasteiger partial charge in [0.15, 0.2) is 11.5 Å². The molecule has 1 aromatic carbocycles. The monoisotopic (exact) mass is 350 g/mol. The smallest absolute Gasteiger partial charge is 0.220 e. The van der Waals surface area contributed by atoms with E-state index in [1.807, 2.05) is 18.2 Å². The second kappa shape index (κ2) is 6.10. The third-order valence-corrected chi connectivity index (χ3v) is 6.15. The lowest BCUT2D eigenvalue weighted by Gasteiger charge is -2.26. The lowest BCUT2D eigenvalue weighted by atomic mass is 10.0. The Kier molecular flexibility index (Phi) is 3.93. The molecule has 0 spiro atoms. The first kappa shape index (κ1) is 15.5. The van der Waals surface area contributed by atoms with Crippen LogP contribution in [-0.4, -0.2) is 37.6 Å². The maximum Gasteiger partial charge on any atom is 0.220 e. The van der Waals surface area contributed by atoms with Crippen LogP contribution in [0, 0.1) is 0 Å². The Bertz CT molecular complexity index is 819. The van der Waals surface area contributed by atoms with Crippen LogP contribution in [0.25, 0.3) is 0 Å². The average molecular weight is 350 g/mol. The summed E-state index contributed by atoms with van der Waals surface area (Å²) in [6.07, 6.45) is 3.00. The maximum atomic E-state index is 12.8. The summed E-state index contributed by atoms with van der Waals surface area (Å²) < 4.78 is 43.0. The van der Waals surface area contributed by atoms with E-state index in [0.29, 0.717) is 37.0 Å². The van der Waals surface area contributed by atoms with E-state index in [-0.39, 0.29) is 11.8 Å². The van der Waals surface area contributed by atoms with E-state index in [2.05, 4.69) is 5.16 Å². The Morgan fingerprint density at radius 3 is 2.79 bits per heavy atom. The molecule has 0 radical (unpaired) electrons. The normalized spacial score (nSPS) is 21.1. The van der Waals surface area contributed by atoms with E-state index >= 15 is 0 Å². The summed E-state index contributed by atoms with van der Waals surface area (Å²) in [5.41, 5.74) is 1.35. The highest BCUT2D eigenvalue weighted by Gasteiger charge is 2.36. The van der Waals surface area contributed by atoms with Crippen LogP contribution < -0.4 is 9.47 Å². The van der Waals surface area contributed by atoms with Crippen molar-refractivity contribution < 1.29 is 22.4 Å². The topological polar surface area (TPSA) is 81.9 Å². The van der Waals surface area contributed by atoms with Gasteiger partial charge in [0, 0.05) is 18.7 Å². The van der Waals surface area contributed by atoms with E-state index in [4.69, 9.17) is 14.0 Å². The number of sulfonamides is 1. The van der Waals surface area contributed by atoms with Gasteiger partial charge in [0.2, 0.25) is 10.0 Å². The summed E-state index contributed by atoms with van der Waals surface area (Å²) in [4.78, 5) is 0. The average Bonchev–Trinajstić information content (AvgIpc) is 3.25. The minimum absolute atomic E-state index is 0.148. The summed E-state index contributed by atoms with van der Waals surface area (Å²) >= 11 is 0. The number of hydrogen-bond donors (Lipinski definition) is 0. The van der Waals surface area contributed by atoms with Crippen LogP contribution in [0.2, 0.25) is 0 Å². The summed E-state index contributed by atoms with van der Waals surface area (Å²) in [5, 5.41) is 3.71. The lowest BCUT2D eigenvalue weighted by Crippen LogP contribution is -2.32. The molecule has 0 aliphatic carbocycles. The lowest BCUT2D eigenvalue weighted by molar-refractivity contribution is 0.171. The first-order chi connectivity index (χ1) is 11.6. The number of benzene rings is 1. The van der Waals surface area contributed by atoms with Crippen molar-refractivity contribution in [3.63, 3.8) is 0 Å². The summed E-state index contributed by atoms with van der Waals surface area (Å²) in [5.74, 6) is 1.24. The Morgan fingerprint density at radius 1 is 1.17 bits per heavy atom. The third-order valence-electron chi connectivity index (χ3n) is 4.33. The second-order valence-electron chi connectivity index (χ2n) is 5.92. The molecule has 24 heavy (non-hydrogen) atoms. The van der Waals surface area contributed by atoms with Crippen LogP contribution in [-0.2, 0) is 15.8 Å². The third kappa shape index (κ3) is 2.87. The molecular formula is C16H18N2O5S. The molecule has 1 fully saturated rings. The fourth-order valence-corrected chi connectivity index (χ4v) is 4.97. The van der Waals surface area contributed by atoms with Crippen LogP contribution in [0.1, 0.15) is 30.1 Å². The van der Waals surface area contributed by atoms with Gasteiger partial charge in [-0.2, -0.15) is 4.31 Å². The Labute approximate surface area is 140 Å². The summed E-state index contributed by atoms with van der Waals surface area (Å²) in [6.45, 7) is 1.56. The first-order valence-corrected chi connectivity index (χ1v) is 9.53. The van der Waals surface area contributed by atoms with Crippen molar-refractivity contribution in [3.8, 4) is 11.5 Å². The number of aromatic nitrogens is 1. The van der Waals surface area contributed by atoms with Gasteiger partial charge in [-0.05, 0) is 30.5 Å². The minimum Gasteiger partial charge on any atom is -0.486 e. The Balaban J connectivity index is 1.60. The van der Waals surface area contributed by atoms with E-state index in [1.54, 1.807) is 10.4 Å². The largest absolute Gasteiger partial charge is 0.486 e. The zero-order valence-electron chi connectivity index (χ0n) is 13.1. The highest BCUT2D eigenvalue weighted by atomic mass is 32.2. The van der Waals surface area contributed by atoms with Gasteiger partial charge in [-0.15, -0.1) is 0 Å². The molecule has 0 saturated carbocycles. The maximum absolute atomic E-state index is 12.8. The number of ether oxygens (including phenoxy) is 2. The van der Waals surface area contributed by atoms with E-state index in [0.717, 1.165) is 18.4 Å². The number of hydrogen-bond acceptors (Lipinski definition) is 6. The zero-order valence-corrected chi connectivity index (χ0v) is 13.9. The predicted molar refractivity (Wildman–Crippen MR) is 85.2 cm³/mol. The fraction of sp³-hybridized carbons (Fsp3) is 0.438. The molecular weight excluding hydrogens is 332 g/mol. The van der Waals surface area contributed by atoms with Crippen molar-refractivity contribution in [2.24, 2.45) is 0 Å². The van der Waals surface area contributed by atoms with Crippen molar-refractivity contribution >= 4 is 10.0 Å². The van der Waals surface area contributed by atoms with E-state index in [1.165, 1.54) is 6.26 Å². The highest BCUT2D eigenvalue weighted by Crippen LogP contribution is 2.39. The molecule has 0 amide bonds. The molecule has 2 aromatic rings. The van der Waals surface area contributed by atoms with Crippen LogP contribution in [0.15, 0.2) is 35.1 Å². The Hall–Kier alpha value is -2.06. The first-order valence-electron chi connectivity index (χ1n) is 7.92. The van der Waals surface area contributed by atoms with Gasteiger partial charge in [0.25, 0.3) is 0 Å². The molecule has 2 aliphatic heterocycles. The van der Waals surface area contributed by atoms with Crippen molar-refractivity contribution in [1.29, 1.82) is 0 Å². The number of rotatable bonds is 4.